The van der Waals surface area contributed by atoms with Crippen LogP contribution in [0.15, 0.2) is 41.4 Å². The number of ether oxygens (including phenoxy) is 1. The summed E-state index contributed by atoms with van der Waals surface area (Å²) in [4.78, 5) is 29.9. The number of carboxylic acids is 1. The van der Waals surface area contributed by atoms with Crippen LogP contribution in [0.5, 0.6) is 5.75 Å². The number of guanidine groups is 1. The number of nitrogens with two attached hydrogens (primary N) is 1. The molecule has 1 aliphatic rings. The topological polar surface area (TPSA) is 117 Å². The number of hydrogen-bond donors (Lipinski definition) is 3. The van der Waals surface area contributed by atoms with Gasteiger partial charge in [0.2, 0.25) is 5.91 Å². The summed E-state index contributed by atoms with van der Waals surface area (Å²) in [5.41, 5.74) is 4.71. The van der Waals surface area contributed by atoms with Crippen LogP contribution in [0, 0.1) is 11.2 Å². The molecule has 1 atom stereocenters. The lowest BCUT2D eigenvalue weighted by Gasteiger charge is -2.46. The summed E-state index contributed by atoms with van der Waals surface area (Å²) in [5.74, 6) is -1.49. The summed E-state index contributed by atoms with van der Waals surface area (Å²) in [6, 6.07) is 8.69. The normalized spacial score (nSPS) is 20.3. The molecule has 0 aliphatic carbocycles. The number of aliphatic imine (C=N–C) groups is 1. The van der Waals surface area contributed by atoms with Gasteiger partial charge in [0, 0.05) is 18.3 Å². The summed E-state index contributed by atoms with van der Waals surface area (Å²) in [5, 5.41) is 12.3. The number of benzene rings is 2. The molecule has 1 amide bonds. The average molecular weight is 428 g/mol. The largest absolute Gasteiger partial charge is 0.495 e. The molecule has 2 aromatic carbocycles. The van der Waals surface area contributed by atoms with Crippen molar-refractivity contribution >= 4 is 29.2 Å². The molecule has 8 nitrogen and oxygen atoms in total. The molecule has 0 fully saturated rings. The second-order valence-corrected chi connectivity index (χ2v) is 8.07. The molecule has 1 heterocycles. The maximum absolute atomic E-state index is 15.0. The van der Waals surface area contributed by atoms with Gasteiger partial charge in [0.15, 0.2) is 5.96 Å². The predicted molar refractivity (Wildman–Crippen MR) is 115 cm³/mol. The molecule has 0 saturated carbocycles. The second kappa shape index (κ2) is 7.57. The van der Waals surface area contributed by atoms with Crippen molar-refractivity contribution < 1.29 is 23.8 Å². The number of carboxylic acid groups (broad SMARTS) is 1. The van der Waals surface area contributed by atoms with Crippen LogP contribution in [-0.4, -0.2) is 42.0 Å². The zero-order valence-electron chi connectivity index (χ0n) is 18.0. The highest BCUT2D eigenvalue weighted by Crippen LogP contribution is 2.48. The highest BCUT2D eigenvalue weighted by atomic mass is 19.1. The third-order valence-corrected chi connectivity index (χ3v) is 5.95. The van der Waals surface area contributed by atoms with E-state index in [1.807, 2.05) is 0 Å². The number of carbonyl (C=O) groups is 2. The molecular weight excluding hydrogens is 403 g/mol. The van der Waals surface area contributed by atoms with E-state index in [2.05, 4.69) is 10.3 Å². The van der Waals surface area contributed by atoms with Crippen LogP contribution in [0.2, 0.25) is 0 Å². The highest BCUT2D eigenvalue weighted by Gasteiger charge is 2.53. The molecule has 9 heteroatoms. The van der Waals surface area contributed by atoms with Gasteiger partial charge in [-0.25, -0.2) is 14.2 Å². The van der Waals surface area contributed by atoms with Crippen molar-refractivity contribution in [3.63, 3.8) is 0 Å². The fraction of sp³-hybridized carbons (Fsp3) is 0.318. The van der Waals surface area contributed by atoms with E-state index >= 15 is 0 Å². The van der Waals surface area contributed by atoms with Crippen molar-refractivity contribution in [2.45, 2.75) is 26.3 Å². The first-order chi connectivity index (χ1) is 14.4. The minimum atomic E-state index is -1.27. The SMILES string of the molecule is COc1ccc(C(=O)O)cc1Nc1ccc(F)c([C@@]2(C)N=C(N)N(C)C(=O)C2(C)C)c1. The van der Waals surface area contributed by atoms with E-state index in [0.29, 0.717) is 17.1 Å². The first kappa shape index (κ1) is 22.1. The van der Waals surface area contributed by atoms with Gasteiger partial charge in [-0.2, -0.15) is 0 Å². The number of nitrogens with one attached hydrogen (secondary N) is 1. The number of nitrogens with zero attached hydrogens (tertiary/aromatic N) is 2. The first-order valence-corrected chi connectivity index (χ1v) is 9.54. The Balaban J connectivity index is 2.11. The highest BCUT2D eigenvalue weighted by molar-refractivity contribution is 6.01. The second-order valence-electron chi connectivity index (χ2n) is 8.07. The number of amides is 1. The molecule has 4 N–H and O–H groups in total. The Morgan fingerprint density at radius 3 is 2.52 bits per heavy atom. The van der Waals surface area contributed by atoms with E-state index in [1.165, 1.54) is 49.4 Å². The van der Waals surface area contributed by atoms with Crippen molar-refractivity contribution in [1.29, 1.82) is 0 Å². The van der Waals surface area contributed by atoms with E-state index in [1.54, 1.807) is 26.8 Å². The molecule has 2 aromatic rings. The van der Waals surface area contributed by atoms with Gasteiger partial charge >= 0.3 is 5.97 Å². The van der Waals surface area contributed by atoms with E-state index in [-0.39, 0.29) is 23.0 Å². The van der Waals surface area contributed by atoms with Crippen molar-refractivity contribution in [1.82, 2.24) is 4.90 Å². The Hall–Kier alpha value is -3.62. The van der Waals surface area contributed by atoms with Crippen LogP contribution in [0.3, 0.4) is 0 Å². The van der Waals surface area contributed by atoms with Gasteiger partial charge in [-0.3, -0.25) is 9.69 Å². The summed E-state index contributed by atoms with van der Waals surface area (Å²) < 4.78 is 20.3. The van der Waals surface area contributed by atoms with Gasteiger partial charge in [0.25, 0.3) is 0 Å². The van der Waals surface area contributed by atoms with Gasteiger partial charge in [-0.1, -0.05) is 0 Å². The quantitative estimate of drug-likeness (QED) is 0.673. The smallest absolute Gasteiger partial charge is 0.335 e. The Bertz CT molecular complexity index is 1100. The fourth-order valence-electron chi connectivity index (χ4n) is 3.64. The minimum absolute atomic E-state index is 0.000385. The van der Waals surface area contributed by atoms with Gasteiger partial charge in [-0.05, 0) is 57.2 Å². The summed E-state index contributed by atoms with van der Waals surface area (Å²) in [6.45, 7) is 5.06. The molecule has 3 rings (SSSR count). The Morgan fingerprint density at radius 2 is 1.90 bits per heavy atom. The number of halogens is 1. The molecule has 0 spiro atoms. The minimum Gasteiger partial charge on any atom is -0.495 e. The summed E-state index contributed by atoms with van der Waals surface area (Å²) >= 11 is 0. The van der Waals surface area contributed by atoms with E-state index in [0.717, 1.165) is 0 Å². The van der Waals surface area contributed by atoms with Crippen LogP contribution in [0.4, 0.5) is 15.8 Å². The van der Waals surface area contributed by atoms with Crippen LogP contribution in [0.25, 0.3) is 0 Å². The third kappa shape index (κ3) is 3.56. The van der Waals surface area contributed by atoms with Crippen molar-refractivity contribution in [3.8, 4) is 5.75 Å². The molecule has 0 bridgehead atoms. The lowest BCUT2D eigenvalue weighted by molar-refractivity contribution is -0.140. The van der Waals surface area contributed by atoms with E-state index in [9.17, 15) is 19.1 Å². The molecule has 0 saturated heterocycles. The fourth-order valence-corrected chi connectivity index (χ4v) is 3.64. The number of hydrogen-bond acceptors (Lipinski definition) is 6. The number of carbonyl (C=O) groups excluding carboxylic acids is 1. The van der Waals surface area contributed by atoms with Crippen molar-refractivity contribution in [2.75, 3.05) is 19.5 Å². The monoisotopic (exact) mass is 428 g/mol. The lowest BCUT2D eigenvalue weighted by atomic mass is 9.67. The zero-order valence-corrected chi connectivity index (χ0v) is 18.0. The molecular formula is C22H25FN4O4. The lowest BCUT2D eigenvalue weighted by Crippen LogP contribution is -2.58. The number of anilines is 2. The zero-order chi connectivity index (χ0) is 23.1. The van der Waals surface area contributed by atoms with Crippen LogP contribution >= 0.6 is 0 Å². The molecule has 164 valence electrons. The maximum atomic E-state index is 15.0. The standard InChI is InChI=1S/C22H25FN4O4/c1-21(2)19(30)27(4)20(24)26-22(21,3)14-11-13(7-8-15(14)23)25-16-10-12(18(28)29)6-9-17(16)31-5/h6-11,25H,1-5H3,(H2,24,26)(H,28,29)/t22-/m1/s1. The Kier molecular flexibility index (Phi) is 5.39. The molecule has 0 aromatic heterocycles. The van der Waals surface area contributed by atoms with Crippen LogP contribution in [-0.2, 0) is 10.3 Å². The summed E-state index contributed by atoms with van der Waals surface area (Å²) in [6.07, 6.45) is 0. The number of methoxy groups -OCH3 is 1. The van der Waals surface area contributed by atoms with Crippen molar-refractivity contribution in [3.05, 3.63) is 53.3 Å². The number of aromatic carboxylic acids is 1. The third-order valence-electron chi connectivity index (χ3n) is 5.95. The van der Waals surface area contributed by atoms with Gasteiger partial charge in [0.1, 0.15) is 17.1 Å². The van der Waals surface area contributed by atoms with Gasteiger partial charge in [0.05, 0.1) is 23.8 Å². The number of rotatable bonds is 5. The average Bonchev–Trinajstić information content (AvgIpc) is 2.72. The molecule has 31 heavy (non-hydrogen) atoms. The van der Waals surface area contributed by atoms with Crippen LogP contribution in [0.1, 0.15) is 36.7 Å². The predicted octanol–water partition coefficient (Wildman–Crippen LogP) is 3.30. The van der Waals surface area contributed by atoms with Gasteiger partial charge < -0.3 is 20.9 Å². The van der Waals surface area contributed by atoms with E-state index < -0.39 is 22.7 Å². The van der Waals surface area contributed by atoms with Crippen molar-refractivity contribution in [2.24, 2.45) is 16.1 Å². The Morgan fingerprint density at radius 1 is 1.23 bits per heavy atom. The molecule has 0 unspecified atom stereocenters. The molecule has 0 radical (unpaired) electrons. The van der Waals surface area contributed by atoms with Crippen LogP contribution < -0.4 is 15.8 Å². The first-order valence-electron chi connectivity index (χ1n) is 9.54. The van der Waals surface area contributed by atoms with Gasteiger partial charge in [-0.15, -0.1) is 0 Å². The maximum Gasteiger partial charge on any atom is 0.335 e. The summed E-state index contributed by atoms with van der Waals surface area (Å²) in [7, 11) is 2.99. The molecule has 1 aliphatic heterocycles. The van der Waals surface area contributed by atoms with E-state index in [4.69, 9.17) is 10.5 Å². The Labute approximate surface area is 179 Å².